The maximum atomic E-state index is 11.0. The van der Waals surface area contributed by atoms with E-state index in [1.165, 1.54) is 11.3 Å². The van der Waals surface area contributed by atoms with Crippen molar-refractivity contribution in [1.82, 2.24) is 14.8 Å². The van der Waals surface area contributed by atoms with E-state index in [9.17, 15) is 4.79 Å². The molecule has 0 radical (unpaired) electrons. The van der Waals surface area contributed by atoms with Crippen LogP contribution in [0.3, 0.4) is 0 Å². The summed E-state index contributed by atoms with van der Waals surface area (Å²) >= 11 is 1.49. The van der Waals surface area contributed by atoms with Gasteiger partial charge in [-0.2, -0.15) is 5.10 Å². The van der Waals surface area contributed by atoms with Gasteiger partial charge in [-0.1, -0.05) is 0 Å². The van der Waals surface area contributed by atoms with Crippen LogP contribution >= 0.6 is 11.3 Å². The maximum absolute atomic E-state index is 11.0. The van der Waals surface area contributed by atoms with Gasteiger partial charge in [0.25, 0.3) is 0 Å². The van der Waals surface area contributed by atoms with Crippen LogP contribution in [0.15, 0.2) is 17.1 Å². The summed E-state index contributed by atoms with van der Waals surface area (Å²) in [7, 11) is 1.57. The Morgan fingerprint density at radius 2 is 2.29 bits per heavy atom. The lowest BCUT2D eigenvalue weighted by Crippen LogP contribution is -2.28. The fourth-order valence-corrected chi connectivity index (χ4v) is 1.90. The Hall–Kier alpha value is -1.69. The van der Waals surface area contributed by atoms with Crippen LogP contribution in [0, 0.1) is 0 Å². The number of hydrogen-bond acceptors (Lipinski definition) is 5. The largest absolute Gasteiger partial charge is 0.493 e. The second-order valence-electron chi connectivity index (χ2n) is 4.14. The number of nitrogens with zero attached hydrogens (tertiary/aromatic N) is 3. The minimum Gasteiger partial charge on any atom is -0.493 e. The van der Waals surface area contributed by atoms with E-state index in [2.05, 4.69) is 10.1 Å². The van der Waals surface area contributed by atoms with Crippen molar-refractivity contribution in [2.75, 3.05) is 7.11 Å². The molecule has 0 unspecified atom stereocenters. The van der Waals surface area contributed by atoms with Crippen molar-refractivity contribution in [2.24, 2.45) is 0 Å². The van der Waals surface area contributed by atoms with Crippen LogP contribution in [-0.4, -0.2) is 28.2 Å². The summed E-state index contributed by atoms with van der Waals surface area (Å²) in [5.41, 5.74) is 2.45. The van der Waals surface area contributed by atoms with Gasteiger partial charge in [0.05, 0.1) is 18.8 Å². The molecule has 0 saturated carbocycles. The first-order valence-electron chi connectivity index (χ1n) is 5.07. The minimum atomic E-state index is -0.693. The van der Waals surface area contributed by atoms with E-state index < -0.39 is 5.54 Å². The van der Waals surface area contributed by atoms with E-state index in [1.807, 2.05) is 5.38 Å². The van der Waals surface area contributed by atoms with Gasteiger partial charge in [-0.25, -0.2) is 4.98 Å². The quantitative estimate of drug-likeness (QED) is 0.779. The molecular weight excluding hydrogens is 238 g/mol. The Bertz CT molecular complexity index is 517. The predicted molar refractivity (Wildman–Crippen MR) is 65.3 cm³/mol. The highest BCUT2D eigenvalue weighted by molar-refractivity contribution is 7.07. The molecule has 2 aromatic heterocycles. The van der Waals surface area contributed by atoms with Crippen LogP contribution in [-0.2, 0) is 10.3 Å². The molecule has 0 aromatic carbocycles. The molecular formula is C11H13N3O2S. The Balaban J connectivity index is 2.51. The Morgan fingerprint density at radius 1 is 1.53 bits per heavy atom. The Morgan fingerprint density at radius 3 is 2.82 bits per heavy atom. The number of thiazole rings is 1. The van der Waals surface area contributed by atoms with Gasteiger partial charge in [0.15, 0.2) is 11.4 Å². The zero-order valence-corrected chi connectivity index (χ0v) is 10.7. The number of methoxy groups -OCH3 is 1. The molecule has 17 heavy (non-hydrogen) atoms. The number of carbonyl (C=O) groups is 1. The third kappa shape index (κ3) is 2.08. The Kier molecular flexibility index (Phi) is 2.97. The van der Waals surface area contributed by atoms with E-state index in [-0.39, 0.29) is 0 Å². The summed E-state index contributed by atoms with van der Waals surface area (Å²) in [5, 5.41) is 6.26. The van der Waals surface area contributed by atoms with Crippen molar-refractivity contribution < 1.29 is 9.53 Å². The summed E-state index contributed by atoms with van der Waals surface area (Å²) < 4.78 is 6.85. The van der Waals surface area contributed by atoms with Crippen LogP contribution in [0.5, 0.6) is 5.75 Å². The fourth-order valence-electron chi connectivity index (χ4n) is 1.36. The van der Waals surface area contributed by atoms with Gasteiger partial charge in [-0.15, -0.1) is 11.3 Å². The van der Waals surface area contributed by atoms with Crippen molar-refractivity contribution in [2.45, 2.75) is 19.4 Å². The van der Waals surface area contributed by atoms with Crippen LogP contribution in [0.4, 0.5) is 0 Å². The molecule has 0 N–H and O–H groups in total. The molecule has 0 saturated heterocycles. The molecule has 2 rings (SSSR count). The molecule has 0 amide bonds. The van der Waals surface area contributed by atoms with Gasteiger partial charge in [-0.3, -0.25) is 4.68 Å². The molecule has 0 spiro atoms. The van der Waals surface area contributed by atoms with Crippen molar-refractivity contribution in [3.8, 4) is 17.1 Å². The van der Waals surface area contributed by atoms with Crippen molar-refractivity contribution in [3.63, 3.8) is 0 Å². The lowest BCUT2D eigenvalue weighted by molar-refractivity contribution is -0.114. The van der Waals surface area contributed by atoms with Gasteiger partial charge < -0.3 is 9.53 Å². The minimum absolute atomic E-state index is 0.617. The lowest BCUT2D eigenvalue weighted by Gasteiger charge is -2.16. The summed E-state index contributed by atoms with van der Waals surface area (Å²) in [6.45, 7) is 3.58. The molecule has 6 heteroatoms. The van der Waals surface area contributed by atoms with Crippen molar-refractivity contribution >= 4 is 17.6 Å². The average Bonchev–Trinajstić information content (AvgIpc) is 2.97. The van der Waals surface area contributed by atoms with Gasteiger partial charge in [-0.05, 0) is 13.8 Å². The average molecular weight is 251 g/mol. The van der Waals surface area contributed by atoms with Crippen LogP contribution < -0.4 is 4.74 Å². The molecule has 2 heterocycles. The zero-order chi connectivity index (χ0) is 12.5. The predicted octanol–water partition coefficient (Wildman–Crippen LogP) is 1.95. The first-order valence-corrected chi connectivity index (χ1v) is 6.02. The fraction of sp³-hybridized carbons (Fsp3) is 0.364. The molecule has 2 aromatic rings. The topological polar surface area (TPSA) is 57.0 Å². The Labute approximate surface area is 103 Å². The third-order valence-electron chi connectivity index (χ3n) is 2.45. The second kappa shape index (κ2) is 4.29. The number of hydrogen-bond donors (Lipinski definition) is 0. The molecule has 0 aliphatic rings. The lowest BCUT2D eigenvalue weighted by atomic mass is 10.1. The van der Waals surface area contributed by atoms with Gasteiger partial charge in [0.1, 0.15) is 17.5 Å². The van der Waals surface area contributed by atoms with Crippen molar-refractivity contribution in [1.29, 1.82) is 0 Å². The number of carbonyl (C=O) groups excluding carboxylic acids is 1. The van der Waals surface area contributed by atoms with Crippen LogP contribution in [0.1, 0.15) is 13.8 Å². The van der Waals surface area contributed by atoms with E-state index in [0.717, 1.165) is 12.0 Å². The first-order chi connectivity index (χ1) is 8.08. The highest BCUT2D eigenvalue weighted by Crippen LogP contribution is 2.29. The van der Waals surface area contributed by atoms with Crippen LogP contribution in [0.2, 0.25) is 0 Å². The normalized spacial score (nSPS) is 11.5. The summed E-state index contributed by atoms with van der Waals surface area (Å²) in [5.74, 6) is 0.617. The van der Waals surface area contributed by atoms with E-state index in [1.54, 1.807) is 37.3 Å². The highest BCUT2D eigenvalue weighted by atomic mass is 32.1. The molecule has 0 fully saturated rings. The molecule has 0 aliphatic heterocycles. The second-order valence-corrected chi connectivity index (χ2v) is 4.85. The number of aldehydes is 1. The standard InChI is InChI=1S/C11H13N3O2S/c1-11(2,6-15)14-4-9(16-3)10(13-14)8-5-17-7-12-8/h4-7H,1-3H3. The van der Waals surface area contributed by atoms with Crippen LogP contribution in [0.25, 0.3) is 11.4 Å². The summed E-state index contributed by atoms with van der Waals surface area (Å²) in [6.07, 6.45) is 2.56. The van der Waals surface area contributed by atoms with Gasteiger partial charge in [0.2, 0.25) is 0 Å². The summed E-state index contributed by atoms with van der Waals surface area (Å²) in [4.78, 5) is 15.2. The molecule has 0 bridgehead atoms. The van der Waals surface area contributed by atoms with E-state index >= 15 is 0 Å². The maximum Gasteiger partial charge on any atom is 0.166 e. The molecule has 90 valence electrons. The summed E-state index contributed by atoms with van der Waals surface area (Å²) in [6, 6.07) is 0. The van der Waals surface area contributed by atoms with E-state index in [4.69, 9.17) is 4.74 Å². The number of rotatable bonds is 4. The van der Waals surface area contributed by atoms with Crippen molar-refractivity contribution in [3.05, 3.63) is 17.1 Å². The zero-order valence-electron chi connectivity index (χ0n) is 9.88. The third-order valence-corrected chi connectivity index (χ3v) is 3.04. The molecule has 0 atom stereocenters. The molecule has 5 nitrogen and oxygen atoms in total. The van der Waals surface area contributed by atoms with Gasteiger partial charge in [0, 0.05) is 5.38 Å². The SMILES string of the molecule is COc1cn(C(C)(C)C=O)nc1-c1cscn1. The number of ether oxygens (including phenoxy) is 1. The monoisotopic (exact) mass is 251 g/mol. The van der Waals surface area contributed by atoms with E-state index in [0.29, 0.717) is 11.4 Å². The smallest absolute Gasteiger partial charge is 0.166 e. The van der Waals surface area contributed by atoms with Gasteiger partial charge >= 0.3 is 0 Å². The highest BCUT2D eigenvalue weighted by Gasteiger charge is 2.24. The first kappa shape index (κ1) is 11.8. The molecule has 0 aliphatic carbocycles. The number of aromatic nitrogens is 3.